The molecule has 8 heteroatoms. The van der Waals surface area contributed by atoms with E-state index in [2.05, 4.69) is 15.0 Å². The van der Waals surface area contributed by atoms with Crippen LogP contribution >= 0.6 is 11.3 Å². The average Bonchev–Trinajstić information content (AvgIpc) is 3.25. The number of amides is 1. The van der Waals surface area contributed by atoms with Crippen LogP contribution in [0.4, 0.5) is 0 Å². The van der Waals surface area contributed by atoms with Crippen molar-refractivity contribution >= 4 is 27.3 Å². The SMILES string of the molecule is Cc1cc(C)c(C)c(S(=O)(=O)NCCC(=O)NCc2cccnc2-c2ccsc2)c1C. The Balaban J connectivity index is 1.60. The van der Waals surface area contributed by atoms with Gasteiger partial charge in [-0.25, -0.2) is 13.1 Å². The summed E-state index contributed by atoms with van der Waals surface area (Å²) < 4.78 is 28.3. The van der Waals surface area contributed by atoms with E-state index in [4.69, 9.17) is 0 Å². The molecule has 0 aliphatic heterocycles. The minimum absolute atomic E-state index is 0.0322. The largest absolute Gasteiger partial charge is 0.352 e. The van der Waals surface area contributed by atoms with Crippen LogP contribution in [0.3, 0.4) is 0 Å². The zero-order valence-corrected chi connectivity index (χ0v) is 19.8. The van der Waals surface area contributed by atoms with E-state index in [1.165, 1.54) is 0 Å². The summed E-state index contributed by atoms with van der Waals surface area (Å²) in [5.41, 5.74) is 6.09. The van der Waals surface area contributed by atoms with Gasteiger partial charge in [-0.15, -0.1) is 0 Å². The molecule has 0 saturated heterocycles. The van der Waals surface area contributed by atoms with E-state index in [0.29, 0.717) is 11.4 Å². The highest BCUT2D eigenvalue weighted by Crippen LogP contribution is 2.26. The van der Waals surface area contributed by atoms with Gasteiger partial charge in [0, 0.05) is 36.7 Å². The van der Waals surface area contributed by atoms with Crippen molar-refractivity contribution in [2.45, 2.75) is 45.6 Å². The van der Waals surface area contributed by atoms with Crippen molar-refractivity contribution in [1.82, 2.24) is 15.0 Å². The summed E-state index contributed by atoms with van der Waals surface area (Å²) in [7, 11) is -3.70. The molecule has 3 rings (SSSR count). The lowest BCUT2D eigenvalue weighted by molar-refractivity contribution is -0.121. The quantitative estimate of drug-likeness (QED) is 0.535. The van der Waals surface area contributed by atoms with E-state index in [9.17, 15) is 13.2 Å². The molecule has 0 spiro atoms. The van der Waals surface area contributed by atoms with Gasteiger partial charge >= 0.3 is 0 Å². The molecule has 0 saturated carbocycles. The maximum Gasteiger partial charge on any atom is 0.241 e. The normalized spacial score (nSPS) is 11.5. The minimum atomic E-state index is -3.70. The molecule has 0 aliphatic carbocycles. The third-order valence-corrected chi connectivity index (χ3v) is 7.79. The second kappa shape index (κ2) is 9.72. The molecule has 0 atom stereocenters. The van der Waals surface area contributed by atoms with Crippen molar-refractivity contribution in [2.75, 3.05) is 6.54 Å². The van der Waals surface area contributed by atoms with Gasteiger partial charge in [0.05, 0.1) is 10.6 Å². The lowest BCUT2D eigenvalue weighted by Crippen LogP contribution is -2.31. The highest BCUT2D eigenvalue weighted by Gasteiger charge is 2.22. The Morgan fingerprint density at radius 1 is 1.10 bits per heavy atom. The topological polar surface area (TPSA) is 88.2 Å². The van der Waals surface area contributed by atoms with Crippen LogP contribution in [0, 0.1) is 27.7 Å². The Kier molecular flexibility index (Phi) is 7.25. The molecule has 0 fully saturated rings. The van der Waals surface area contributed by atoms with E-state index < -0.39 is 10.0 Å². The van der Waals surface area contributed by atoms with Gasteiger partial charge in [0.25, 0.3) is 0 Å². The van der Waals surface area contributed by atoms with E-state index in [-0.39, 0.29) is 18.9 Å². The number of sulfonamides is 1. The zero-order chi connectivity index (χ0) is 22.6. The van der Waals surface area contributed by atoms with E-state index >= 15 is 0 Å². The number of hydrogen-bond acceptors (Lipinski definition) is 5. The number of aromatic nitrogens is 1. The van der Waals surface area contributed by atoms with Crippen LogP contribution in [0.15, 0.2) is 46.1 Å². The molecule has 2 aromatic heterocycles. The van der Waals surface area contributed by atoms with Crippen molar-refractivity contribution in [3.05, 3.63) is 69.0 Å². The summed E-state index contributed by atoms with van der Waals surface area (Å²) in [6, 6.07) is 7.73. The van der Waals surface area contributed by atoms with Crippen LogP contribution in [0.1, 0.15) is 34.2 Å². The fraction of sp³-hybridized carbons (Fsp3) is 0.304. The van der Waals surface area contributed by atoms with Gasteiger partial charge in [0.15, 0.2) is 0 Å². The number of carbonyl (C=O) groups excluding carboxylic acids is 1. The van der Waals surface area contributed by atoms with Gasteiger partial charge in [0.1, 0.15) is 0 Å². The summed E-state index contributed by atoms with van der Waals surface area (Å²) in [6.45, 7) is 7.78. The number of thiophene rings is 1. The summed E-state index contributed by atoms with van der Waals surface area (Å²) in [5.74, 6) is -0.225. The summed E-state index contributed by atoms with van der Waals surface area (Å²) >= 11 is 1.59. The second-order valence-corrected chi connectivity index (χ2v) is 10.0. The Morgan fingerprint density at radius 2 is 1.81 bits per heavy atom. The Bertz CT molecular complexity index is 1160. The van der Waals surface area contributed by atoms with Gasteiger partial charge in [-0.1, -0.05) is 12.1 Å². The molecule has 6 nitrogen and oxygen atoms in total. The van der Waals surface area contributed by atoms with E-state index in [1.54, 1.807) is 17.5 Å². The average molecular weight is 458 g/mol. The second-order valence-electron chi connectivity index (χ2n) is 7.54. The number of benzene rings is 1. The summed E-state index contributed by atoms with van der Waals surface area (Å²) in [5, 5.41) is 6.86. The van der Waals surface area contributed by atoms with Gasteiger partial charge in [-0.3, -0.25) is 9.78 Å². The zero-order valence-electron chi connectivity index (χ0n) is 18.2. The van der Waals surface area contributed by atoms with Crippen molar-refractivity contribution in [2.24, 2.45) is 0 Å². The molecule has 2 heterocycles. The molecule has 0 radical (unpaired) electrons. The predicted octanol–water partition coefficient (Wildman–Crippen LogP) is 4.03. The highest BCUT2D eigenvalue weighted by molar-refractivity contribution is 7.89. The third kappa shape index (κ3) is 5.39. The highest BCUT2D eigenvalue weighted by atomic mass is 32.2. The Labute approximate surface area is 187 Å². The van der Waals surface area contributed by atoms with Crippen LogP contribution in [-0.2, 0) is 21.4 Å². The van der Waals surface area contributed by atoms with Gasteiger partial charge in [0.2, 0.25) is 15.9 Å². The van der Waals surface area contributed by atoms with Crippen molar-refractivity contribution in [1.29, 1.82) is 0 Å². The standard InChI is InChI=1S/C23H27N3O3S2/c1-15-12-16(2)18(4)23(17(15)3)31(28,29)26-10-7-21(27)25-13-19-6-5-9-24-22(19)20-8-11-30-14-20/h5-6,8-9,11-12,14,26H,7,10,13H2,1-4H3,(H,25,27). The molecule has 31 heavy (non-hydrogen) atoms. The van der Waals surface area contributed by atoms with Crippen molar-refractivity contribution in [3.63, 3.8) is 0 Å². The molecular weight excluding hydrogens is 430 g/mol. The number of pyridine rings is 1. The van der Waals surface area contributed by atoms with E-state index in [1.807, 2.05) is 62.7 Å². The van der Waals surface area contributed by atoms with Crippen LogP contribution in [0.25, 0.3) is 11.3 Å². The molecule has 0 bridgehead atoms. The maximum atomic E-state index is 12.9. The number of aryl methyl sites for hydroxylation is 2. The number of rotatable bonds is 8. The van der Waals surface area contributed by atoms with Crippen LogP contribution < -0.4 is 10.0 Å². The van der Waals surface area contributed by atoms with Crippen LogP contribution in [-0.4, -0.2) is 25.9 Å². The van der Waals surface area contributed by atoms with Gasteiger partial charge in [-0.05, 0) is 73.0 Å². The minimum Gasteiger partial charge on any atom is -0.352 e. The first-order valence-electron chi connectivity index (χ1n) is 10.0. The fourth-order valence-corrected chi connectivity index (χ4v) is 5.76. The molecule has 0 unspecified atom stereocenters. The first-order chi connectivity index (χ1) is 14.7. The number of carbonyl (C=O) groups is 1. The van der Waals surface area contributed by atoms with E-state index in [0.717, 1.165) is 39.1 Å². The number of nitrogens with zero attached hydrogens (tertiary/aromatic N) is 1. The lowest BCUT2D eigenvalue weighted by Gasteiger charge is -2.16. The summed E-state index contributed by atoms with van der Waals surface area (Å²) in [6.07, 6.45) is 1.78. The number of nitrogens with one attached hydrogen (secondary N) is 2. The van der Waals surface area contributed by atoms with Crippen molar-refractivity contribution in [3.8, 4) is 11.3 Å². The first-order valence-corrected chi connectivity index (χ1v) is 12.4. The van der Waals surface area contributed by atoms with Gasteiger partial charge in [-0.2, -0.15) is 11.3 Å². The molecule has 164 valence electrons. The smallest absolute Gasteiger partial charge is 0.241 e. The molecule has 1 aromatic carbocycles. The van der Waals surface area contributed by atoms with Crippen LogP contribution in [0.2, 0.25) is 0 Å². The predicted molar refractivity (Wildman–Crippen MR) is 125 cm³/mol. The number of hydrogen-bond donors (Lipinski definition) is 2. The maximum absolute atomic E-state index is 12.9. The monoisotopic (exact) mass is 457 g/mol. The molecule has 0 aliphatic rings. The first kappa shape index (κ1) is 23.1. The lowest BCUT2D eigenvalue weighted by atomic mass is 10.0. The Morgan fingerprint density at radius 3 is 2.45 bits per heavy atom. The fourth-order valence-electron chi connectivity index (χ4n) is 3.48. The molecular formula is C23H27N3O3S2. The molecule has 2 N–H and O–H groups in total. The van der Waals surface area contributed by atoms with Crippen molar-refractivity contribution < 1.29 is 13.2 Å². The molecule has 1 amide bonds. The molecule has 3 aromatic rings. The van der Waals surface area contributed by atoms with Gasteiger partial charge < -0.3 is 5.32 Å². The summed E-state index contributed by atoms with van der Waals surface area (Å²) in [4.78, 5) is 17.0. The van der Waals surface area contributed by atoms with Crippen LogP contribution in [0.5, 0.6) is 0 Å². The Hall–Kier alpha value is -2.55. The third-order valence-electron chi connectivity index (χ3n) is 5.37.